The van der Waals surface area contributed by atoms with E-state index in [0.717, 1.165) is 17.5 Å². The Labute approximate surface area is 302 Å². The van der Waals surface area contributed by atoms with Crippen LogP contribution < -0.4 is 27.4 Å². The van der Waals surface area contributed by atoms with Gasteiger partial charge in [0.2, 0.25) is 23.6 Å². The van der Waals surface area contributed by atoms with Gasteiger partial charge in [0.15, 0.2) is 0 Å². The molecule has 1 heterocycles. The molecule has 13 heteroatoms. The van der Waals surface area contributed by atoms with Crippen LogP contribution in [0.15, 0.2) is 60.7 Å². The minimum atomic E-state index is -0.988. The first kappa shape index (κ1) is 40.9. The van der Waals surface area contributed by atoms with Crippen LogP contribution >= 0.6 is 0 Å². The monoisotopic (exact) mass is 706 g/mol. The standard InChI is InChI=1S/C38H58N8O5/c1-27(2)24-33(35(48)41-28(3)37(50)44-21-16-32(17-22-44)46(29(4)47)20-11-18-39)42-36(49)34(25-30-12-7-5-8-13-30)43-38(51)45(23-19-40)26-31-14-9-6-10-15-31/h5-10,12-15,27-28,32-34H,11,16-26,39-40H2,1-4H3,(H,41,48)(H,42,49)(H,43,51)/t28-,33-,34-/m1/s1. The average molecular weight is 707 g/mol. The number of carbonyl (C=O) groups is 5. The Morgan fingerprint density at radius 1 is 0.784 bits per heavy atom. The lowest BCUT2D eigenvalue weighted by Crippen LogP contribution is -2.58. The van der Waals surface area contributed by atoms with Crippen molar-refractivity contribution in [3.8, 4) is 0 Å². The molecule has 1 fully saturated rings. The number of nitrogens with one attached hydrogen (secondary N) is 3. The number of likely N-dealkylation sites (tertiary alicyclic amines) is 1. The lowest BCUT2D eigenvalue weighted by Gasteiger charge is -2.39. The van der Waals surface area contributed by atoms with Crippen LogP contribution in [0, 0.1) is 5.92 Å². The van der Waals surface area contributed by atoms with Crippen LogP contribution in [0.25, 0.3) is 0 Å². The molecular formula is C38H58N8O5. The summed E-state index contributed by atoms with van der Waals surface area (Å²) in [7, 11) is 0. The molecule has 51 heavy (non-hydrogen) atoms. The Morgan fingerprint density at radius 2 is 1.37 bits per heavy atom. The first-order chi connectivity index (χ1) is 24.4. The first-order valence-corrected chi connectivity index (χ1v) is 18.1. The topological polar surface area (TPSA) is 183 Å². The number of benzene rings is 2. The number of amides is 6. The molecule has 3 rings (SSSR count). The smallest absolute Gasteiger partial charge is 0.318 e. The molecule has 3 atom stereocenters. The summed E-state index contributed by atoms with van der Waals surface area (Å²) in [4.78, 5) is 71.9. The number of nitrogens with zero attached hydrogens (tertiary/aromatic N) is 3. The molecule has 280 valence electrons. The molecule has 1 saturated heterocycles. The summed E-state index contributed by atoms with van der Waals surface area (Å²) in [5, 5.41) is 8.61. The van der Waals surface area contributed by atoms with Gasteiger partial charge in [0.05, 0.1) is 0 Å². The van der Waals surface area contributed by atoms with E-state index in [4.69, 9.17) is 11.5 Å². The van der Waals surface area contributed by atoms with Gasteiger partial charge in [0, 0.05) is 58.7 Å². The minimum absolute atomic E-state index is 0.00209. The highest BCUT2D eigenvalue weighted by Crippen LogP contribution is 2.18. The average Bonchev–Trinajstić information content (AvgIpc) is 3.11. The Balaban J connectivity index is 1.69. The Morgan fingerprint density at radius 3 is 1.92 bits per heavy atom. The van der Waals surface area contributed by atoms with Crippen LogP contribution in [0.5, 0.6) is 0 Å². The van der Waals surface area contributed by atoms with Gasteiger partial charge in [0.1, 0.15) is 18.1 Å². The second kappa shape index (κ2) is 21.0. The van der Waals surface area contributed by atoms with E-state index in [-0.39, 0.29) is 43.3 Å². The maximum absolute atomic E-state index is 13.9. The molecule has 2 aromatic carbocycles. The largest absolute Gasteiger partial charge is 0.343 e. The summed E-state index contributed by atoms with van der Waals surface area (Å²) in [6.45, 7) is 9.95. The van der Waals surface area contributed by atoms with Gasteiger partial charge >= 0.3 is 6.03 Å². The minimum Gasteiger partial charge on any atom is -0.343 e. The zero-order chi connectivity index (χ0) is 37.3. The molecule has 0 aromatic heterocycles. The second-order valence-electron chi connectivity index (χ2n) is 13.7. The van der Waals surface area contributed by atoms with Crippen molar-refractivity contribution in [1.29, 1.82) is 0 Å². The van der Waals surface area contributed by atoms with Crippen LogP contribution in [0.4, 0.5) is 4.79 Å². The molecule has 1 aliphatic rings. The van der Waals surface area contributed by atoms with E-state index in [1.54, 1.807) is 23.6 Å². The molecule has 0 bridgehead atoms. The van der Waals surface area contributed by atoms with E-state index < -0.39 is 36.0 Å². The molecule has 6 amide bonds. The number of piperidine rings is 1. The number of hydrogen-bond donors (Lipinski definition) is 5. The van der Waals surface area contributed by atoms with Gasteiger partial charge in [-0.15, -0.1) is 0 Å². The van der Waals surface area contributed by atoms with Gasteiger partial charge in [-0.05, 0) is 56.2 Å². The van der Waals surface area contributed by atoms with E-state index in [2.05, 4.69) is 16.0 Å². The summed E-state index contributed by atoms with van der Waals surface area (Å²) in [5.74, 6) is -1.16. The Kier molecular flexibility index (Phi) is 16.9. The lowest BCUT2D eigenvalue weighted by molar-refractivity contribution is -0.139. The van der Waals surface area contributed by atoms with Crippen molar-refractivity contribution in [2.75, 3.05) is 39.3 Å². The van der Waals surface area contributed by atoms with Crippen molar-refractivity contribution in [2.45, 2.75) is 90.5 Å². The maximum atomic E-state index is 13.9. The first-order valence-electron chi connectivity index (χ1n) is 18.1. The highest BCUT2D eigenvalue weighted by molar-refractivity contribution is 5.94. The zero-order valence-electron chi connectivity index (χ0n) is 30.7. The summed E-state index contributed by atoms with van der Waals surface area (Å²) >= 11 is 0. The molecule has 0 spiro atoms. The van der Waals surface area contributed by atoms with Crippen molar-refractivity contribution < 1.29 is 24.0 Å². The van der Waals surface area contributed by atoms with Crippen LogP contribution in [0.1, 0.15) is 64.5 Å². The number of rotatable bonds is 18. The molecule has 0 unspecified atom stereocenters. The third-order valence-corrected chi connectivity index (χ3v) is 9.09. The van der Waals surface area contributed by atoms with E-state index in [0.29, 0.717) is 52.0 Å². The molecule has 0 saturated carbocycles. The van der Waals surface area contributed by atoms with E-state index in [9.17, 15) is 24.0 Å². The van der Waals surface area contributed by atoms with Crippen LogP contribution in [-0.4, -0.2) is 108 Å². The highest BCUT2D eigenvalue weighted by Gasteiger charge is 2.33. The number of hydrogen-bond acceptors (Lipinski definition) is 7. The van der Waals surface area contributed by atoms with Gasteiger partial charge in [0.25, 0.3) is 0 Å². The van der Waals surface area contributed by atoms with Crippen molar-refractivity contribution in [1.82, 2.24) is 30.7 Å². The van der Waals surface area contributed by atoms with Crippen molar-refractivity contribution in [3.63, 3.8) is 0 Å². The van der Waals surface area contributed by atoms with E-state index >= 15 is 0 Å². The van der Waals surface area contributed by atoms with Crippen molar-refractivity contribution >= 4 is 29.7 Å². The molecule has 0 aliphatic carbocycles. The molecular weight excluding hydrogens is 648 g/mol. The molecule has 1 aliphatic heterocycles. The van der Waals surface area contributed by atoms with Gasteiger partial charge in [-0.25, -0.2) is 4.79 Å². The predicted molar refractivity (Wildman–Crippen MR) is 198 cm³/mol. The maximum Gasteiger partial charge on any atom is 0.318 e. The van der Waals surface area contributed by atoms with E-state index in [1.165, 1.54) is 0 Å². The fourth-order valence-corrected chi connectivity index (χ4v) is 6.39. The number of urea groups is 1. The van der Waals surface area contributed by atoms with Crippen LogP contribution in [-0.2, 0) is 32.1 Å². The normalized spacial score (nSPS) is 15.0. The molecule has 0 radical (unpaired) electrons. The number of nitrogens with two attached hydrogens (primary N) is 2. The van der Waals surface area contributed by atoms with Crippen LogP contribution in [0.2, 0.25) is 0 Å². The summed E-state index contributed by atoms with van der Waals surface area (Å²) < 4.78 is 0. The van der Waals surface area contributed by atoms with Crippen molar-refractivity contribution in [2.24, 2.45) is 17.4 Å². The predicted octanol–water partition coefficient (Wildman–Crippen LogP) is 1.99. The molecule has 2 aromatic rings. The lowest BCUT2D eigenvalue weighted by atomic mass is 10.0. The SMILES string of the molecule is CC(=O)N(CCCN)C1CCN(C(=O)[C@@H](C)NC(=O)[C@@H](CC(C)C)NC(=O)[C@@H](Cc2ccccc2)NC(=O)N(CCN)Cc2ccccc2)CC1. The van der Waals surface area contributed by atoms with Gasteiger partial charge in [-0.3, -0.25) is 19.2 Å². The van der Waals surface area contributed by atoms with Crippen molar-refractivity contribution in [3.05, 3.63) is 71.8 Å². The summed E-state index contributed by atoms with van der Waals surface area (Å²) in [6.07, 6.45) is 2.54. The van der Waals surface area contributed by atoms with Gasteiger partial charge < -0.3 is 42.1 Å². The van der Waals surface area contributed by atoms with Crippen LogP contribution in [0.3, 0.4) is 0 Å². The quantitative estimate of drug-likeness (QED) is 0.157. The highest BCUT2D eigenvalue weighted by atomic mass is 16.2. The zero-order valence-corrected chi connectivity index (χ0v) is 30.7. The molecule has 13 nitrogen and oxygen atoms in total. The summed E-state index contributed by atoms with van der Waals surface area (Å²) in [6, 6.07) is 15.7. The number of carbonyl (C=O) groups excluding carboxylic acids is 5. The second-order valence-corrected chi connectivity index (χ2v) is 13.7. The Hall–Kier alpha value is -4.49. The third kappa shape index (κ3) is 13.3. The molecule has 7 N–H and O–H groups in total. The fourth-order valence-electron chi connectivity index (χ4n) is 6.39. The summed E-state index contributed by atoms with van der Waals surface area (Å²) in [5.41, 5.74) is 13.3. The van der Waals surface area contributed by atoms with Gasteiger partial charge in [-0.1, -0.05) is 74.5 Å². The fraction of sp³-hybridized carbons (Fsp3) is 0.553. The third-order valence-electron chi connectivity index (χ3n) is 9.09. The Bertz CT molecular complexity index is 1400. The van der Waals surface area contributed by atoms with E-state index in [1.807, 2.05) is 79.4 Å². The van der Waals surface area contributed by atoms with Gasteiger partial charge in [-0.2, -0.15) is 0 Å².